The van der Waals surface area contributed by atoms with E-state index in [1.54, 1.807) is 38.3 Å². The molecule has 1 atom stereocenters. The normalized spacial score (nSPS) is 11.5. The molecule has 144 valence electrons. The van der Waals surface area contributed by atoms with Gasteiger partial charge in [0.2, 0.25) is 0 Å². The molecule has 0 bridgehead atoms. The summed E-state index contributed by atoms with van der Waals surface area (Å²) in [6, 6.07) is 14.4. The fourth-order valence-electron chi connectivity index (χ4n) is 2.41. The number of carbonyl (C=O) groups excluding carboxylic acids is 2. The second-order valence-corrected chi connectivity index (χ2v) is 6.08. The largest absolute Gasteiger partial charge is 0.481 e. The predicted octanol–water partition coefficient (Wildman–Crippen LogP) is 3.03. The molecular weight excluding hydrogens is 344 g/mol. The zero-order chi connectivity index (χ0) is 19.6. The highest BCUT2D eigenvalue weighted by Gasteiger charge is 2.15. The molecule has 2 N–H and O–H groups in total. The van der Waals surface area contributed by atoms with Gasteiger partial charge in [-0.05, 0) is 49.2 Å². The lowest BCUT2D eigenvalue weighted by atomic mass is 10.1. The van der Waals surface area contributed by atoms with Crippen molar-refractivity contribution in [1.82, 2.24) is 5.32 Å². The van der Waals surface area contributed by atoms with Crippen LogP contribution in [0.2, 0.25) is 0 Å². The van der Waals surface area contributed by atoms with E-state index in [-0.39, 0.29) is 11.8 Å². The highest BCUT2D eigenvalue weighted by Crippen LogP contribution is 2.16. The van der Waals surface area contributed by atoms with Gasteiger partial charge in [0.25, 0.3) is 11.8 Å². The van der Waals surface area contributed by atoms with E-state index in [1.165, 1.54) is 5.56 Å². The molecule has 6 heteroatoms. The monoisotopic (exact) mass is 370 g/mol. The lowest BCUT2D eigenvalue weighted by molar-refractivity contribution is -0.122. The zero-order valence-corrected chi connectivity index (χ0v) is 16.0. The van der Waals surface area contributed by atoms with E-state index in [0.29, 0.717) is 30.2 Å². The first-order valence-electron chi connectivity index (χ1n) is 8.97. The van der Waals surface area contributed by atoms with Crippen LogP contribution in [0.3, 0.4) is 0 Å². The molecule has 0 spiro atoms. The van der Waals surface area contributed by atoms with Crippen LogP contribution in [0.15, 0.2) is 48.5 Å². The highest BCUT2D eigenvalue weighted by molar-refractivity contribution is 5.98. The molecule has 0 aromatic heterocycles. The molecular formula is C21H26N2O4. The number of hydrogen-bond acceptors (Lipinski definition) is 4. The molecule has 0 saturated carbocycles. The third-order valence-corrected chi connectivity index (χ3v) is 4.00. The standard InChI is InChI=1S/C21H26N2O4/c1-4-16-8-10-19(11-9-16)27-15(2)20(24)23-18-7-5-6-17(14-18)21(25)22-12-13-26-3/h5-11,14-15H,4,12-13H2,1-3H3,(H,22,25)(H,23,24). The van der Waals surface area contributed by atoms with Crippen LogP contribution in [0.4, 0.5) is 5.69 Å². The van der Waals surface area contributed by atoms with Gasteiger partial charge >= 0.3 is 0 Å². The lowest BCUT2D eigenvalue weighted by Gasteiger charge is -2.15. The van der Waals surface area contributed by atoms with Gasteiger partial charge in [-0.2, -0.15) is 0 Å². The summed E-state index contributed by atoms with van der Waals surface area (Å²) < 4.78 is 10.6. The number of nitrogens with one attached hydrogen (secondary N) is 2. The second-order valence-electron chi connectivity index (χ2n) is 6.08. The van der Waals surface area contributed by atoms with E-state index in [2.05, 4.69) is 17.6 Å². The number of anilines is 1. The van der Waals surface area contributed by atoms with Gasteiger partial charge in [-0.25, -0.2) is 0 Å². The van der Waals surface area contributed by atoms with Gasteiger partial charge in [0.1, 0.15) is 5.75 Å². The summed E-state index contributed by atoms with van der Waals surface area (Å²) in [7, 11) is 1.57. The van der Waals surface area contributed by atoms with Crippen molar-refractivity contribution in [2.75, 3.05) is 25.6 Å². The topological polar surface area (TPSA) is 76.7 Å². The third-order valence-electron chi connectivity index (χ3n) is 4.00. The summed E-state index contributed by atoms with van der Waals surface area (Å²) in [6.45, 7) is 4.63. The Morgan fingerprint density at radius 3 is 2.52 bits per heavy atom. The number of carbonyl (C=O) groups is 2. The predicted molar refractivity (Wildman–Crippen MR) is 105 cm³/mol. The molecule has 0 radical (unpaired) electrons. The van der Waals surface area contributed by atoms with Crippen molar-refractivity contribution in [2.45, 2.75) is 26.4 Å². The van der Waals surface area contributed by atoms with E-state index in [1.807, 2.05) is 24.3 Å². The summed E-state index contributed by atoms with van der Waals surface area (Å²) in [5, 5.41) is 5.52. The quantitative estimate of drug-likeness (QED) is 0.665. The Morgan fingerprint density at radius 2 is 1.85 bits per heavy atom. The van der Waals surface area contributed by atoms with Gasteiger partial charge in [-0.15, -0.1) is 0 Å². The molecule has 0 fully saturated rings. The van der Waals surface area contributed by atoms with Crippen molar-refractivity contribution in [1.29, 1.82) is 0 Å². The molecule has 0 saturated heterocycles. The van der Waals surface area contributed by atoms with E-state index in [9.17, 15) is 9.59 Å². The third kappa shape index (κ3) is 6.42. The van der Waals surface area contributed by atoms with Crippen LogP contribution >= 0.6 is 0 Å². The van der Waals surface area contributed by atoms with Crippen LogP contribution in [0.25, 0.3) is 0 Å². The summed E-state index contributed by atoms with van der Waals surface area (Å²) in [5.41, 5.74) is 2.21. The maximum absolute atomic E-state index is 12.4. The van der Waals surface area contributed by atoms with Crippen LogP contribution in [0.1, 0.15) is 29.8 Å². The molecule has 1 unspecified atom stereocenters. The molecule has 2 aromatic carbocycles. The Labute approximate surface area is 159 Å². The van der Waals surface area contributed by atoms with Gasteiger partial charge in [0, 0.05) is 24.9 Å². The van der Waals surface area contributed by atoms with Gasteiger partial charge in [-0.1, -0.05) is 25.1 Å². The molecule has 2 aromatic rings. The Balaban J connectivity index is 1.93. The lowest BCUT2D eigenvalue weighted by Crippen LogP contribution is -2.30. The molecule has 0 aliphatic rings. The van der Waals surface area contributed by atoms with Crippen molar-refractivity contribution in [3.8, 4) is 5.75 Å². The minimum absolute atomic E-state index is 0.219. The van der Waals surface area contributed by atoms with Gasteiger partial charge in [-0.3, -0.25) is 9.59 Å². The molecule has 6 nitrogen and oxygen atoms in total. The molecule has 2 rings (SSSR count). The Kier molecular flexibility index (Phi) is 7.82. The van der Waals surface area contributed by atoms with Crippen molar-refractivity contribution in [3.05, 3.63) is 59.7 Å². The zero-order valence-electron chi connectivity index (χ0n) is 16.0. The van der Waals surface area contributed by atoms with Crippen molar-refractivity contribution in [3.63, 3.8) is 0 Å². The number of ether oxygens (including phenoxy) is 2. The Hall–Kier alpha value is -2.86. The Bertz CT molecular complexity index is 759. The minimum Gasteiger partial charge on any atom is -0.481 e. The van der Waals surface area contributed by atoms with Crippen LogP contribution in [0, 0.1) is 0 Å². The minimum atomic E-state index is -0.670. The van der Waals surface area contributed by atoms with Gasteiger partial charge in [0.15, 0.2) is 6.10 Å². The second kappa shape index (κ2) is 10.3. The van der Waals surface area contributed by atoms with Crippen LogP contribution < -0.4 is 15.4 Å². The summed E-state index contributed by atoms with van der Waals surface area (Å²) in [4.78, 5) is 24.5. The van der Waals surface area contributed by atoms with E-state index < -0.39 is 6.10 Å². The first-order chi connectivity index (χ1) is 13.0. The summed E-state index contributed by atoms with van der Waals surface area (Å²) >= 11 is 0. The molecule has 0 aliphatic carbocycles. The number of amides is 2. The van der Waals surface area contributed by atoms with E-state index in [4.69, 9.17) is 9.47 Å². The van der Waals surface area contributed by atoms with Crippen molar-refractivity contribution >= 4 is 17.5 Å². The average Bonchev–Trinajstić information content (AvgIpc) is 2.68. The number of aryl methyl sites for hydroxylation is 1. The first-order valence-corrected chi connectivity index (χ1v) is 8.97. The van der Waals surface area contributed by atoms with Gasteiger partial charge < -0.3 is 20.1 Å². The van der Waals surface area contributed by atoms with Crippen LogP contribution in [-0.2, 0) is 16.0 Å². The molecule has 0 aliphatic heterocycles. The average molecular weight is 370 g/mol. The smallest absolute Gasteiger partial charge is 0.265 e. The van der Waals surface area contributed by atoms with Gasteiger partial charge in [0.05, 0.1) is 6.61 Å². The number of benzene rings is 2. The van der Waals surface area contributed by atoms with Crippen molar-refractivity contribution in [2.24, 2.45) is 0 Å². The SMILES string of the molecule is CCc1ccc(OC(C)C(=O)Nc2cccc(C(=O)NCCOC)c2)cc1. The molecule has 27 heavy (non-hydrogen) atoms. The fraction of sp³-hybridized carbons (Fsp3) is 0.333. The Morgan fingerprint density at radius 1 is 1.11 bits per heavy atom. The van der Waals surface area contributed by atoms with E-state index in [0.717, 1.165) is 6.42 Å². The van der Waals surface area contributed by atoms with Crippen LogP contribution in [0.5, 0.6) is 5.75 Å². The molecule has 2 amide bonds. The first kappa shape index (κ1) is 20.5. The summed E-state index contributed by atoms with van der Waals surface area (Å²) in [6.07, 6.45) is 0.280. The molecule has 0 heterocycles. The maximum Gasteiger partial charge on any atom is 0.265 e. The maximum atomic E-state index is 12.4. The summed E-state index contributed by atoms with van der Waals surface area (Å²) in [5.74, 6) is 0.135. The number of methoxy groups -OCH3 is 1. The van der Waals surface area contributed by atoms with Crippen LogP contribution in [-0.4, -0.2) is 38.2 Å². The number of rotatable bonds is 9. The van der Waals surface area contributed by atoms with E-state index >= 15 is 0 Å². The fourth-order valence-corrected chi connectivity index (χ4v) is 2.41. The highest BCUT2D eigenvalue weighted by atomic mass is 16.5. The van der Waals surface area contributed by atoms with Crippen molar-refractivity contribution < 1.29 is 19.1 Å². The number of hydrogen-bond donors (Lipinski definition) is 2.